The number of ether oxygens (including phenoxy) is 1. The molecule has 0 radical (unpaired) electrons. The molecule has 0 atom stereocenters. The first kappa shape index (κ1) is 20.2. The Hall–Kier alpha value is -2.55. The lowest BCUT2D eigenvalue weighted by Gasteiger charge is -2.34. The van der Waals surface area contributed by atoms with Gasteiger partial charge in [-0.15, -0.1) is 0 Å². The van der Waals surface area contributed by atoms with Crippen LogP contribution in [0, 0.1) is 6.92 Å². The molecule has 2 aromatic rings. The van der Waals surface area contributed by atoms with Crippen LogP contribution < -0.4 is 4.90 Å². The molecule has 0 unspecified atom stereocenters. The number of nitrogens with zero attached hydrogens (tertiary/aromatic N) is 1. The molecule has 3 rings (SSSR count). The number of aryl methyl sites for hydroxylation is 1. The molecule has 0 spiro atoms. The minimum Gasteiger partial charge on any atom is -0.462 e. The zero-order chi connectivity index (χ0) is 20.5. The van der Waals surface area contributed by atoms with Gasteiger partial charge in [-0.05, 0) is 98.2 Å². The van der Waals surface area contributed by atoms with Gasteiger partial charge in [0.15, 0.2) is 0 Å². The zero-order valence-electron chi connectivity index (χ0n) is 17.9. The quantitative estimate of drug-likeness (QED) is 0.564. The number of carbonyl (C=O) groups excluding carboxylic acids is 1. The van der Waals surface area contributed by atoms with Crippen molar-refractivity contribution in [3.05, 3.63) is 64.7 Å². The molecule has 0 aliphatic heterocycles. The highest BCUT2D eigenvalue weighted by Gasteiger charge is 2.28. The van der Waals surface area contributed by atoms with Gasteiger partial charge in [0.05, 0.1) is 12.2 Å². The van der Waals surface area contributed by atoms with Crippen molar-refractivity contribution in [2.75, 3.05) is 18.1 Å². The Morgan fingerprint density at radius 2 is 1.79 bits per heavy atom. The highest BCUT2D eigenvalue weighted by atomic mass is 16.5. The molecule has 0 saturated heterocycles. The summed E-state index contributed by atoms with van der Waals surface area (Å²) in [6.07, 6.45) is 3.42. The Bertz CT molecular complexity index is 907. The maximum atomic E-state index is 11.9. The van der Waals surface area contributed by atoms with Crippen molar-refractivity contribution >= 4 is 22.9 Å². The normalized spacial score (nSPS) is 14.9. The van der Waals surface area contributed by atoms with E-state index in [0.717, 1.165) is 18.7 Å². The molecule has 0 heterocycles. The van der Waals surface area contributed by atoms with Crippen LogP contribution in [0.3, 0.4) is 0 Å². The fourth-order valence-corrected chi connectivity index (χ4v) is 3.99. The summed E-state index contributed by atoms with van der Waals surface area (Å²) in [7, 11) is 0. The van der Waals surface area contributed by atoms with E-state index in [0.29, 0.717) is 12.2 Å². The lowest BCUT2D eigenvalue weighted by atomic mass is 9.73. The fraction of sp³-hybridized carbons (Fsp3) is 0.400. The van der Waals surface area contributed by atoms with Gasteiger partial charge < -0.3 is 9.64 Å². The number of allylic oxidation sites excluding steroid dienone is 2. The number of benzene rings is 2. The van der Waals surface area contributed by atoms with Crippen LogP contribution in [0.5, 0.6) is 0 Å². The summed E-state index contributed by atoms with van der Waals surface area (Å²) in [6, 6.07) is 12.4. The predicted octanol–water partition coefficient (Wildman–Crippen LogP) is 6.41. The third-order valence-electron chi connectivity index (χ3n) is 5.71. The first-order valence-electron chi connectivity index (χ1n) is 10.2. The monoisotopic (exact) mass is 377 g/mol. The van der Waals surface area contributed by atoms with Gasteiger partial charge in [0, 0.05) is 17.9 Å². The molecule has 1 aliphatic rings. The van der Waals surface area contributed by atoms with E-state index in [1.807, 2.05) is 31.2 Å². The molecule has 0 amide bonds. The molecule has 0 aromatic heterocycles. The number of esters is 1. The second-order valence-corrected chi connectivity index (χ2v) is 8.17. The van der Waals surface area contributed by atoms with E-state index in [1.54, 1.807) is 0 Å². The third kappa shape index (κ3) is 3.71. The second kappa shape index (κ2) is 7.83. The molecule has 3 nitrogen and oxygen atoms in total. The maximum absolute atomic E-state index is 11.9. The van der Waals surface area contributed by atoms with E-state index in [2.05, 4.69) is 57.7 Å². The molecule has 0 bridgehead atoms. The molecular formula is C25H31NO2. The zero-order valence-corrected chi connectivity index (χ0v) is 17.9. The van der Waals surface area contributed by atoms with Gasteiger partial charge in [0.1, 0.15) is 0 Å². The van der Waals surface area contributed by atoms with Crippen LogP contribution >= 0.6 is 0 Å². The van der Waals surface area contributed by atoms with Gasteiger partial charge in [-0.25, -0.2) is 4.79 Å². The third-order valence-corrected chi connectivity index (χ3v) is 5.71. The largest absolute Gasteiger partial charge is 0.462 e. The predicted molar refractivity (Wildman–Crippen MR) is 118 cm³/mol. The highest BCUT2D eigenvalue weighted by molar-refractivity contribution is 5.90. The molecule has 0 saturated carbocycles. The Kier molecular flexibility index (Phi) is 5.64. The molecule has 0 fully saturated rings. The van der Waals surface area contributed by atoms with Crippen molar-refractivity contribution in [2.24, 2.45) is 0 Å². The second-order valence-electron chi connectivity index (χ2n) is 8.17. The molecule has 0 N–H and O–H groups in total. The summed E-state index contributed by atoms with van der Waals surface area (Å²) >= 11 is 0. The lowest BCUT2D eigenvalue weighted by Crippen LogP contribution is -2.24. The molecule has 3 heteroatoms. The van der Waals surface area contributed by atoms with Crippen molar-refractivity contribution in [3.8, 4) is 0 Å². The fourth-order valence-electron chi connectivity index (χ4n) is 3.99. The van der Waals surface area contributed by atoms with Crippen molar-refractivity contribution in [2.45, 2.75) is 53.4 Å². The molecule has 2 aromatic carbocycles. The smallest absolute Gasteiger partial charge is 0.338 e. The SMILES string of the molecule is CCOC(=O)c1ccc(N(CC)c2cc3c(cc2C)C(C)=CCC3(C)C)cc1. The van der Waals surface area contributed by atoms with E-state index in [4.69, 9.17) is 4.74 Å². The van der Waals surface area contributed by atoms with Gasteiger partial charge in [0.2, 0.25) is 0 Å². The minimum absolute atomic E-state index is 0.129. The summed E-state index contributed by atoms with van der Waals surface area (Å²) in [5, 5.41) is 0. The molecule has 148 valence electrons. The Morgan fingerprint density at radius 1 is 1.11 bits per heavy atom. The van der Waals surface area contributed by atoms with Crippen LogP contribution in [0.1, 0.15) is 68.1 Å². The lowest BCUT2D eigenvalue weighted by molar-refractivity contribution is 0.0526. The number of hydrogen-bond acceptors (Lipinski definition) is 3. The van der Waals surface area contributed by atoms with Gasteiger partial charge >= 0.3 is 5.97 Å². The molecule has 28 heavy (non-hydrogen) atoms. The summed E-state index contributed by atoms with van der Waals surface area (Å²) in [5.74, 6) is -0.272. The van der Waals surface area contributed by atoms with Crippen molar-refractivity contribution in [3.63, 3.8) is 0 Å². The van der Waals surface area contributed by atoms with Crippen molar-refractivity contribution in [1.82, 2.24) is 0 Å². The van der Waals surface area contributed by atoms with Gasteiger partial charge in [-0.3, -0.25) is 0 Å². The van der Waals surface area contributed by atoms with Crippen LogP contribution in [-0.4, -0.2) is 19.1 Å². The maximum Gasteiger partial charge on any atom is 0.338 e. The summed E-state index contributed by atoms with van der Waals surface area (Å²) in [5.41, 5.74) is 8.44. The van der Waals surface area contributed by atoms with E-state index < -0.39 is 0 Å². The van der Waals surface area contributed by atoms with E-state index >= 15 is 0 Å². The van der Waals surface area contributed by atoms with Gasteiger partial charge in [-0.1, -0.05) is 19.9 Å². The number of rotatable bonds is 5. The van der Waals surface area contributed by atoms with Crippen LogP contribution in [0.15, 0.2) is 42.5 Å². The van der Waals surface area contributed by atoms with Crippen LogP contribution in [0.2, 0.25) is 0 Å². The number of fused-ring (bicyclic) bond motifs is 1. The number of hydrogen-bond donors (Lipinski definition) is 0. The first-order chi connectivity index (χ1) is 13.3. The highest BCUT2D eigenvalue weighted by Crippen LogP contribution is 2.42. The minimum atomic E-state index is -0.272. The van der Waals surface area contributed by atoms with Crippen molar-refractivity contribution in [1.29, 1.82) is 0 Å². The molecule has 1 aliphatic carbocycles. The van der Waals surface area contributed by atoms with E-state index in [9.17, 15) is 4.79 Å². The summed E-state index contributed by atoms with van der Waals surface area (Å²) < 4.78 is 5.10. The average molecular weight is 378 g/mol. The van der Waals surface area contributed by atoms with E-state index in [1.165, 1.54) is 28.0 Å². The Morgan fingerprint density at radius 3 is 2.39 bits per heavy atom. The topological polar surface area (TPSA) is 29.5 Å². The van der Waals surface area contributed by atoms with Gasteiger partial charge in [0.25, 0.3) is 0 Å². The standard InChI is InChI=1S/C25H31NO2/c1-7-26(20-11-9-19(10-12-20)24(27)28-8-2)23-16-22-21(15-18(23)4)17(3)13-14-25(22,5)6/h9-13,15-16H,7-8,14H2,1-6H3. The summed E-state index contributed by atoms with van der Waals surface area (Å²) in [6.45, 7) is 14.2. The average Bonchev–Trinajstić information content (AvgIpc) is 2.67. The number of carbonyl (C=O) groups is 1. The van der Waals surface area contributed by atoms with Crippen molar-refractivity contribution < 1.29 is 9.53 Å². The Labute approximate surface area is 169 Å². The molecular weight excluding hydrogens is 346 g/mol. The number of anilines is 2. The van der Waals surface area contributed by atoms with Gasteiger partial charge in [-0.2, -0.15) is 0 Å². The van der Waals surface area contributed by atoms with Crippen LogP contribution in [0.4, 0.5) is 11.4 Å². The van der Waals surface area contributed by atoms with E-state index in [-0.39, 0.29) is 11.4 Å². The summed E-state index contributed by atoms with van der Waals surface area (Å²) in [4.78, 5) is 14.3. The van der Waals surface area contributed by atoms with Crippen LogP contribution in [0.25, 0.3) is 5.57 Å². The first-order valence-corrected chi connectivity index (χ1v) is 10.2. The van der Waals surface area contributed by atoms with Crippen LogP contribution in [-0.2, 0) is 10.2 Å². The Balaban J connectivity index is 2.02.